The summed E-state index contributed by atoms with van der Waals surface area (Å²) in [6.45, 7) is 5.24. The van der Waals surface area contributed by atoms with Gasteiger partial charge in [0.2, 0.25) is 5.91 Å². The molecule has 0 aliphatic carbocycles. The zero-order chi connectivity index (χ0) is 24.3. The van der Waals surface area contributed by atoms with Crippen LogP contribution in [0.3, 0.4) is 0 Å². The van der Waals surface area contributed by atoms with E-state index in [1.807, 2.05) is 44.2 Å². The van der Waals surface area contributed by atoms with E-state index in [2.05, 4.69) is 10.2 Å². The number of amides is 3. The Kier molecular flexibility index (Phi) is 7.12. The Bertz CT molecular complexity index is 1050. The molecule has 7 nitrogen and oxygen atoms in total. The maximum absolute atomic E-state index is 13.7. The molecule has 0 radical (unpaired) electrons. The molecule has 0 aromatic heterocycles. The number of carbonyl (C=O) groups is 3. The van der Waals surface area contributed by atoms with Crippen molar-refractivity contribution in [3.05, 3.63) is 65.2 Å². The predicted octanol–water partition coefficient (Wildman–Crippen LogP) is 3.54. The molecule has 1 spiro atoms. The number of para-hydroxylation sites is 1. The minimum absolute atomic E-state index is 0.0272. The summed E-state index contributed by atoms with van der Waals surface area (Å²) < 4.78 is 0. The highest BCUT2D eigenvalue weighted by atomic mass is 35.5. The van der Waals surface area contributed by atoms with Gasteiger partial charge in [0.25, 0.3) is 11.8 Å². The van der Waals surface area contributed by atoms with Crippen LogP contribution < -0.4 is 10.2 Å². The van der Waals surface area contributed by atoms with E-state index in [1.165, 1.54) is 0 Å². The van der Waals surface area contributed by atoms with Crippen LogP contribution in [0.4, 0.5) is 5.69 Å². The largest absolute Gasteiger partial charge is 0.352 e. The van der Waals surface area contributed by atoms with Gasteiger partial charge in [-0.25, -0.2) is 0 Å². The standard InChI is InChI=1S/C26H31ClN4O3/c1-3-19(2)28-23(32)17-30-18-31(22-10-5-4-6-11-22)26(25(30)34)12-14-29(15-13-26)24(33)20-8-7-9-21(27)16-20/h4-11,16,19H,3,12-15,17-18H2,1-2H3,(H,28,32). The van der Waals surface area contributed by atoms with Crippen molar-refractivity contribution in [1.82, 2.24) is 15.1 Å². The molecule has 3 amide bonds. The Balaban J connectivity index is 1.54. The van der Waals surface area contributed by atoms with Crippen LogP contribution in [-0.4, -0.2) is 65.4 Å². The Morgan fingerprint density at radius 3 is 2.44 bits per heavy atom. The first kappa shape index (κ1) is 24.1. The third-order valence-corrected chi connectivity index (χ3v) is 7.12. The first-order valence-corrected chi connectivity index (χ1v) is 12.2. The summed E-state index contributed by atoms with van der Waals surface area (Å²) in [6, 6.07) is 16.8. The fraction of sp³-hybridized carbons (Fsp3) is 0.423. The zero-order valence-corrected chi connectivity index (χ0v) is 20.4. The molecule has 0 saturated carbocycles. The van der Waals surface area contributed by atoms with Gasteiger partial charge in [-0.3, -0.25) is 14.4 Å². The number of piperidine rings is 1. The van der Waals surface area contributed by atoms with E-state index < -0.39 is 5.54 Å². The van der Waals surface area contributed by atoms with Crippen LogP contribution in [-0.2, 0) is 9.59 Å². The molecule has 2 heterocycles. The van der Waals surface area contributed by atoms with Crippen LogP contribution in [0.1, 0.15) is 43.5 Å². The van der Waals surface area contributed by atoms with Crippen LogP contribution in [0, 0.1) is 0 Å². The van der Waals surface area contributed by atoms with Gasteiger partial charge < -0.3 is 20.0 Å². The van der Waals surface area contributed by atoms with Crippen molar-refractivity contribution in [2.24, 2.45) is 0 Å². The first-order valence-electron chi connectivity index (χ1n) is 11.8. The summed E-state index contributed by atoms with van der Waals surface area (Å²) in [5.74, 6) is -0.286. The van der Waals surface area contributed by atoms with Crippen LogP contribution in [0.15, 0.2) is 54.6 Å². The van der Waals surface area contributed by atoms with E-state index in [4.69, 9.17) is 11.6 Å². The molecule has 180 valence electrons. The number of halogens is 1. The highest BCUT2D eigenvalue weighted by Crippen LogP contribution is 2.39. The van der Waals surface area contributed by atoms with Crippen molar-refractivity contribution in [2.75, 3.05) is 31.2 Å². The summed E-state index contributed by atoms with van der Waals surface area (Å²) in [5.41, 5.74) is 0.711. The second kappa shape index (κ2) is 10.1. The van der Waals surface area contributed by atoms with Crippen LogP contribution in [0.25, 0.3) is 0 Å². The van der Waals surface area contributed by atoms with Crippen molar-refractivity contribution in [2.45, 2.75) is 44.7 Å². The van der Waals surface area contributed by atoms with Gasteiger partial charge in [0, 0.05) is 35.4 Å². The molecule has 34 heavy (non-hydrogen) atoms. The van der Waals surface area contributed by atoms with Gasteiger partial charge in [-0.05, 0) is 56.5 Å². The van der Waals surface area contributed by atoms with Gasteiger partial charge in [0.05, 0.1) is 6.67 Å². The SMILES string of the molecule is CCC(C)NC(=O)CN1CN(c2ccccc2)C2(CCN(C(=O)c3cccc(Cl)c3)CC2)C1=O. The molecule has 4 rings (SSSR count). The van der Waals surface area contributed by atoms with E-state index in [0.29, 0.717) is 43.2 Å². The molecule has 2 fully saturated rings. The number of likely N-dealkylation sites (tertiary alicyclic amines) is 1. The van der Waals surface area contributed by atoms with E-state index >= 15 is 0 Å². The molecule has 2 aliphatic heterocycles. The predicted molar refractivity (Wildman–Crippen MR) is 133 cm³/mol. The normalized spacial score (nSPS) is 18.3. The average molecular weight is 483 g/mol. The molecule has 2 aromatic carbocycles. The smallest absolute Gasteiger partial charge is 0.253 e. The number of hydrogen-bond donors (Lipinski definition) is 1. The van der Waals surface area contributed by atoms with Crippen molar-refractivity contribution in [3.63, 3.8) is 0 Å². The lowest BCUT2D eigenvalue weighted by molar-refractivity contribution is -0.137. The fourth-order valence-corrected chi connectivity index (χ4v) is 4.99. The number of rotatable bonds is 6. The van der Waals surface area contributed by atoms with E-state index in [-0.39, 0.29) is 30.3 Å². The lowest BCUT2D eigenvalue weighted by Crippen LogP contribution is -2.57. The molecular formula is C26H31ClN4O3. The van der Waals surface area contributed by atoms with Crippen molar-refractivity contribution in [1.29, 1.82) is 0 Å². The monoisotopic (exact) mass is 482 g/mol. The number of hydrogen-bond acceptors (Lipinski definition) is 4. The summed E-state index contributed by atoms with van der Waals surface area (Å²) in [5, 5.41) is 3.47. The highest BCUT2D eigenvalue weighted by molar-refractivity contribution is 6.31. The minimum atomic E-state index is -0.775. The van der Waals surface area contributed by atoms with Crippen molar-refractivity contribution in [3.8, 4) is 0 Å². The first-order chi connectivity index (χ1) is 16.3. The highest BCUT2D eigenvalue weighted by Gasteiger charge is 2.54. The molecule has 0 bridgehead atoms. The van der Waals surface area contributed by atoms with Gasteiger partial charge >= 0.3 is 0 Å². The van der Waals surface area contributed by atoms with Gasteiger partial charge in [-0.1, -0.05) is 42.8 Å². The Labute approximate surface area is 205 Å². The summed E-state index contributed by atoms with van der Waals surface area (Å²) in [6.07, 6.45) is 1.82. The lowest BCUT2D eigenvalue weighted by Gasteiger charge is -2.43. The number of benzene rings is 2. The van der Waals surface area contributed by atoms with Gasteiger partial charge in [-0.15, -0.1) is 0 Å². The maximum Gasteiger partial charge on any atom is 0.253 e. The number of anilines is 1. The maximum atomic E-state index is 13.7. The van der Waals surface area contributed by atoms with Crippen LogP contribution in [0.2, 0.25) is 5.02 Å². The van der Waals surface area contributed by atoms with Crippen molar-refractivity contribution >= 4 is 35.0 Å². The van der Waals surface area contributed by atoms with E-state index in [9.17, 15) is 14.4 Å². The number of nitrogens with zero attached hydrogens (tertiary/aromatic N) is 3. The third-order valence-electron chi connectivity index (χ3n) is 6.89. The van der Waals surface area contributed by atoms with E-state index in [0.717, 1.165) is 12.1 Å². The Morgan fingerprint density at radius 2 is 1.79 bits per heavy atom. The van der Waals surface area contributed by atoms with Gasteiger partial charge in [0.1, 0.15) is 12.1 Å². The minimum Gasteiger partial charge on any atom is -0.352 e. The molecule has 2 aromatic rings. The number of nitrogens with one attached hydrogen (secondary N) is 1. The fourth-order valence-electron chi connectivity index (χ4n) is 4.80. The van der Waals surface area contributed by atoms with Gasteiger partial charge in [0.15, 0.2) is 0 Å². The summed E-state index contributed by atoms with van der Waals surface area (Å²) in [4.78, 5) is 44.9. The molecular weight excluding hydrogens is 452 g/mol. The second-order valence-electron chi connectivity index (χ2n) is 9.12. The molecule has 1 N–H and O–H groups in total. The molecule has 2 saturated heterocycles. The van der Waals surface area contributed by atoms with E-state index in [1.54, 1.807) is 34.1 Å². The number of carbonyl (C=O) groups excluding carboxylic acids is 3. The summed E-state index contributed by atoms with van der Waals surface area (Å²) in [7, 11) is 0. The van der Waals surface area contributed by atoms with Crippen LogP contribution in [0.5, 0.6) is 0 Å². The average Bonchev–Trinajstić information content (AvgIpc) is 3.10. The quantitative estimate of drug-likeness (QED) is 0.683. The third kappa shape index (κ3) is 4.75. The Hall–Kier alpha value is -3.06. The summed E-state index contributed by atoms with van der Waals surface area (Å²) >= 11 is 6.07. The van der Waals surface area contributed by atoms with Crippen molar-refractivity contribution < 1.29 is 14.4 Å². The molecule has 1 unspecified atom stereocenters. The molecule has 8 heteroatoms. The molecule has 1 atom stereocenters. The van der Waals surface area contributed by atoms with Gasteiger partial charge in [-0.2, -0.15) is 0 Å². The zero-order valence-electron chi connectivity index (χ0n) is 19.7. The molecule has 2 aliphatic rings. The lowest BCUT2D eigenvalue weighted by atomic mass is 9.85. The Morgan fingerprint density at radius 1 is 1.09 bits per heavy atom. The second-order valence-corrected chi connectivity index (χ2v) is 9.56. The van der Waals surface area contributed by atoms with Crippen LogP contribution >= 0.6 is 11.6 Å². The topological polar surface area (TPSA) is 73.0 Å².